The van der Waals surface area contributed by atoms with E-state index in [9.17, 15) is 4.79 Å². The first-order valence-electron chi connectivity index (χ1n) is 8.32. The van der Waals surface area contributed by atoms with Crippen molar-refractivity contribution in [1.29, 1.82) is 0 Å². The summed E-state index contributed by atoms with van der Waals surface area (Å²) in [5.74, 6) is 0.310. The summed E-state index contributed by atoms with van der Waals surface area (Å²) in [6.45, 7) is 0. The van der Waals surface area contributed by atoms with Crippen LogP contribution in [0, 0.1) is 0 Å². The van der Waals surface area contributed by atoms with Gasteiger partial charge in [0.05, 0.1) is 0 Å². The molecule has 2 aromatic carbocycles. The molecule has 0 atom stereocenters. The largest absolute Gasteiger partial charge is 0.356 e. The van der Waals surface area contributed by atoms with Gasteiger partial charge in [0.2, 0.25) is 0 Å². The quantitative estimate of drug-likeness (QED) is 0.570. The molecule has 0 radical (unpaired) electrons. The molecule has 0 aliphatic rings. The summed E-state index contributed by atoms with van der Waals surface area (Å²) in [5, 5.41) is 10.2. The summed E-state index contributed by atoms with van der Waals surface area (Å²) in [4.78, 5) is 20.6. The smallest absolute Gasteiger partial charge is 0.255 e. The minimum atomic E-state index is -0.220. The van der Waals surface area contributed by atoms with Gasteiger partial charge in [-0.1, -0.05) is 18.2 Å². The van der Waals surface area contributed by atoms with Crippen molar-refractivity contribution in [3.8, 4) is 5.82 Å². The van der Waals surface area contributed by atoms with Gasteiger partial charge >= 0.3 is 0 Å². The van der Waals surface area contributed by atoms with E-state index in [1.54, 1.807) is 18.3 Å². The standard InChI is InChI=1S/C20H16N6O/c27-20(15-10-11-22-19(12-15)26-14-21-13-23-26)25-18-8-6-17(7-9-18)24-16-4-2-1-3-5-16/h1-14,24H,(H,25,27). The van der Waals surface area contributed by atoms with E-state index in [0.29, 0.717) is 17.1 Å². The Morgan fingerprint density at radius 3 is 2.37 bits per heavy atom. The van der Waals surface area contributed by atoms with Crippen LogP contribution in [-0.2, 0) is 0 Å². The van der Waals surface area contributed by atoms with Gasteiger partial charge in [0.15, 0.2) is 5.82 Å². The highest BCUT2D eigenvalue weighted by molar-refractivity contribution is 6.04. The second-order valence-electron chi connectivity index (χ2n) is 5.77. The number of carbonyl (C=O) groups excluding carboxylic acids is 1. The number of hydrogen-bond acceptors (Lipinski definition) is 5. The van der Waals surface area contributed by atoms with Gasteiger partial charge in [-0.3, -0.25) is 4.79 Å². The fraction of sp³-hybridized carbons (Fsp3) is 0. The van der Waals surface area contributed by atoms with Crippen LogP contribution >= 0.6 is 0 Å². The molecule has 132 valence electrons. The lowest BCUT2D eigenvalue weighted by molar-refractivity contribution is 0.102. The molecule has 0 bridgehead atoms. The molecule has 27 heavy (non-hydrogen) atoms. The molecule has 4 rings (SSSR count). The summed E-state index contributed by atoms with van der Waals surface area (Å²) >= 11 is 0. The van der Waals surface area contributed by atoms with Crippen molar-refractivity contribution in [2.24, 2.45) is 0 Å². The summed E-state index contributed by atoms with van der Waals surface area (Å²) in [6, 6.07) is 20.7. The molecule has 2 heterocycles. The zero-order chi connectivity index (χ0) is 18.5. The molecule has 2 aromatic heterocycles. The molecule has 0 spiro atoms. The number of benzene rings is 2. The van der Waals surface area contributed by atoms with Crippen LogP contribution < -0.4 is 10.6 Å². The van der Waals surface area contributed by atoms with Gasteiger partial charge < -0.3 is 10.6 Å². The average molecular weight is 356 g/mol. The molecule has 1 amide bonds. The molecule has 0 fully saturated rings. The van der Waals surface area contributed by atoms with Crippen LogP contribution in [0.2, 0.25) is 0 Å². The molecule has 7 heteroatoms. The first-order valence-corrected chi connectivity index (χ1v) is 8.32. The van der Waals surface area contributed by atoms with Crippen molar-refractivity contribution < 1.29 is 4.79 Å². The zero-order valence-corrected chi connectivity index (χ0v) is 14.3. The summed E-state index contributed by atoms with van der Waals surface area (Å²) < 4.78 is 1.50. The highest BCUT2D eigenvalue weighted by atomic mass is 16.1. The maximum Gasteiger partial charge on any atom is 0.255 e. The van der Waals surface area contributed by atoms with Crippen LogP contribution in [0.15, 0.2) is 85.6 Å². The lowest BCUT2D eigenvalue weighted by Gasteiger charge is -2.09. The molecular weight excluding hydrogens is 340 g/mol. The summed E-state index contributed by atoms with van der Waals surface area (Å²) in [7, 11) is 0. The third-order valence-electron chi connectivity index (χ3n) is 3.87. The van der Waals surface area contributed by atoms with E-state index >= 15 is 0 Å². The highest BCUT2D eigenvalue weighted by Crippen LogP contribution is 2.19. The number of anilines is 3. The minimum absolute atomic E-state index is 0.220. The third kappa shape index (κ3) is 3.98. The SMILES string of the molecule is O=C(Nc1ccc(Nc2ccccc2)cc1)c1ccnc(-n2cncn2)c1. The molecule has 0 unspecified atom stereocenters. The van der Waals surface area contributed by atoms with Crippen molar-refractivity contribution in [3.05, 3.63) is 91.1 Å². The minimum Gasteiger partial charge on any atom is -0.356 e. The van der Waals surface area contributed by atoms with Gasteiger partial charge in [0, 0.05) is 28.8 Å². The van der Waals surface area contributed by atoms with Crippen LogP contribution in [0.25, 0.3) is 5.82 Å². The van der Waals surface area contributed by atoms with Gasteiger partial charge in [0.1, 0.15) is 12.7 Å². The van der Waals surface area contributed by atoms with E-state index < -0.39 is 0 Å². The number of aromatic nitrogens is 4. The van der Waals surface area contributed by atoms with E-state index in [1.807, 2.05) is 54.6 Å². The maximum atomic E-state index is 12.5. The third-order valence-corrected chi connectivity index (χ3v) is 3.87. The molecule has 4 aromatic rings. The highest BCUT2D eigenvalue weighted by Gasteiger charge is 2.09. The number of para-hydroxylation sites is 1. The summed E-state index contributed by atoms with van der Waals surface area (Å²) in [5.41, 5.74) is 3.14. The van der Waals surface area contributed by atoms with E-state index in [0.717, 1.165) is 11.4 Å². The van der Waals surface area contributed by atoms with Crippen LogP contribution in [0.4, 0.5) is 17.1 Å². The lowest BCUT2D eigenvalue weighted by atomic mass is 10.2. The number of nitrogens with zero attached hydrogens (tertiary/aromatic N) is 4. The lowest BCUT2D eigenvalue weighted by Crippen LogP contribution is -2.13. The van der Waals surface area contributed by atoms with Crippen LogP contribution in [0.5, 0.6) is 0 Å². The molecule has 7 nitrogen and oxygen atoms in total. The number of carbonyl (C=O) groups is 1. The average Bonchev–Trinajstić information content (AvgIpc) is 3.25. The Labute approximate surface area is 155 Å². The summed E-state index contributed by atoms with van der Waals surface area (Å²) in [6.07, 6.45) is 4.51. The first-order chi connectivity index (χ1) is 13.3. The van der Waals surface area contributed by atoms with E-state index in [2.05, 4.69) is 25.7 Å². The molecule has 0 saturated heterocycles. The van der Waals surface area contributed by atoms with E-state index in [-0.39, 0.29) is 5.91 Å². The van der Waals surface area contributed by atoms with Gasteiger partial charge in [-0.2, -0.15) is 5.10 Å². The zero-order valence-electron chi connectivity index (χ0n) is 14.3. The fourth-order valence-corrected chi connectivity index (χ4v) is 2.54. The first kappa shape index (κ1) is 16.5. The topological polar surface area (TPSA) is 84.7 Å². The van der Waals surface area contributed by atoms with Crippen molar-refractivity contribution in [3.63, 3.8) is 0 Å². The number of pyridine rings is 1. The fourth-order valence-electron chi connectivity index (χ4n) is 2.54. The molecule has 2 N–H and O–H groups in total. The van der Waals surface area contributed by atoms with Crippen molar-refractivity contribution >= 4 is 23.0 Å². The Morgan fingerprint density at radius 1 is 0.889 bits per heavy atom. The van der Waals surface area contributed by atoms with Crippen molar-refractivity contribution in [1.82, 2.24) is 19.7 Å². The van der Waals surface area contributed by atoms with Gasteiger partial charge in [-0.15, -0.1) is 0 Å². The predicted octanol–water partition coefficient (Wildman–Crippen LogP) is 3.66. The number of amides is 1. The van der Waals surface area contributed by atoms with Crippen molar-refractivity contribution in [2.45, 2.75) is 0 Å². The number of rotatable bonds is 5. The Kier molecular flexibility index (Phi) is 4.57. The van der Waals surface area contributed by atoms with E-state index in [1.165, 1.54) is 17.3 Å². The van der Waals surface area contributed by atoms with Crippen LogP contribution in [0.3, 0.4) is 0 Å². The monoisotopic (exact) mass is 356 g/mol. The Balaban J connectivity index is 1.44. The Morgan fingerprint density at radius 2 is 1.63 bits per heavy atom. The maximum absolute atomic E-state index is 12.5. The number of nitrogens with one attached hydrogen (secondary N) is 2. The van der Waals surface area contributed by atoms with Gasteiger partial charge in [-0.25, -0.2) is 14.6 Å². The molecular formula is C20H16N6O. The normalized spacial score (nSPS) is 10.4. The second-order valence-corrected chi connectivity index (χ2v) is 5.77. The Bertz CT molecular complexity index is 1030. The number of hydrogen-bond donors (Lipinski definition) is 2. The van der Waals surface area contributed by atoms with Crippen molar-refractivity contribution in [2.75, 3.05) is 10.6 Å². The predicted molar refractivity (Wildman–Crippen MR) is 103 cm³/mol. The second kappa shape index (κ2) is 7.49. The Hall–Kier alpha value is -4.00. The molecule has 0 aliphatic heterocycles. The van der Waals surface area contributed by atoms with Crippen LogP contribution in [0.1, 0.15) is 10.4 Å². The molecule has 0 saturated carbocycles. The van der Waals surface area contributed by atoms with Gasteiger partial charge in [0.25, 0.3) is 5.91 Å². The van der Waals surface area contributed by atoms with Gasteiger partial charge in [-0.05, 0) is 48.5 Å². The van der Waals surface area contributed by atoms with E-state index in [4.69, 9.17) is 0 Å². The van der Waals surface area contributed by atoms with Crippen LogP contribution in [-0.4, -0.2) is 25.7 Å². The molecule has 0 aliphatic carbocycles.